The second-order valence-corrected chi connectivity index (χ2v) is 7.69. The summed E-state index contributed by atoms with van der Waals surface area (Å²) in [7, 11) is 4.92. The summed E-state index contributed by atoms with van der Waals surface area (Å²) >= 11 is 6.29. The third kappa shape index (κ3) is 7.81. The lowest BCUT2D eigenvalue weighted by molar-refractivity contribution is -0.159. The number of hydrogen-bond donors (Lipinski definition) is 2. The van der Waals surface area contributed by atoms with E-state index in [1.54, 1.807) is 21.3 Å². The zero-order chi connectivity index (χ0) is 24.4. The van der Waals surface area contributed by atoms with E-state index >= 15 is 0 Å². The number of ether oxygens (including phenoxy) is 3. The van der Waals surface area contributed by atoms with Gasteiger partial charge < -0.3 is 24.4 Å². The predicted molar refractivity (Wildman–Crippen MR) is 123 cm³/mol. The van der Waals surface area contributed by atoms with E-state index in [4.69, 9.17) is 45.6 Å². The molecule has 1 saturated heterocycles. The van der Waals surface area contributed by atoms with E-state index in [2.05, 4.69) is 15.9 Å². The van der Waals surface area contributed by atoms with E-state index in [0.717, 1.165) is 49.9 Å². The molecule has 2 aromatic rings. The molecular weight excluding hydrogens is 452 g/mol. The molecule has 180 valence electrons. The van der Waals surface area contributed by atoms with Crippen molar-refractivity contribution in [3.63, 3.8) is 0 Å². The topological polar surface area (TPSA) is 109 Å². The van der Waals surface area contributed by atoms with Crippen LogP contribution in [0.5, 0.6) is 17.2 Å². The van der Waals surface area contributed by atoms with Gasteiger partial charge in [0, 0.05) is 44.3 Å². The molecule has 2 N–H and O–H groups in total. The molecule has 33 heavy (non-hydrogen) atoms. The van der Waals surface area contributed by atoms with Gasteiger partial charge >= 0.3 is 11.9 Å². The molecule has 0 bridgehead atoms. The Hall–Kier alpha value is -3.01. The van der Waals surface area contributed by atoms with Gasteiger partial charge in [0.1, 0.15) is 0 Å². The Kier molecular flexibility index (Phi) is 10.2. The fourth-order valence-corrected chi connectivity index (χ4v) is 3.65. The summed E-state index contributed by atoms with van der Waals surface area (Å²) in [4.78, 5) is 23.1. The van der Waals surface area contributed by atoms with Gasteiger partial charge in [0.05, 0.1) is 21.3 Å². The Morgan fingerprint density at radius 3 is 1.76 bits per heavy atom. The first kappa shape index (κ1) is 26.2. The Morgan fingerprint density at radius 1 is 0.848 bits per heavy atom. The van der Waals surface area contributed by atoms with Crippen molar-refractivity contribution in [3.05, 3.63) is 52.5 Å². The van der Waals surface area contributed by atoms with Gasteiger partial charge in [-0.25, -0.2) is 9.59 Å². The summed E-state index contributed by atoms with van der Waals surface area (Å²) in [5.74, 6) is -1.62. The minimum atomic E-state index is -1.82. The van der Waals surface area contributed by atoms with Crippen LogP contribution >= 0.6 is 11.6 Å². The molecule has 0 saturated carbocycles. The van der Waals surface area contributed by atoms with Crippen LogP contribution in [0.4, 0.5) is 0 Å². The second-order valence-electron chi connectivity index (χ2n) is 7.29. The van der Waals surface area contributed by atoms with Crippen molar-refractivity contribution < 1.29 is 34.0 Å². The van der Waals surface area contributed by atoms with Gasteiger partial charge in [-0.15, -0.1) is 0 Å². The van der Waals surface area contributed by atoms with Crippen LogP contribution in [0.25, 0.3) is 0 Å². The molecule has 2 aromatic carbocycles. The molecule has 0 radical (unpaired) electrons. The standard InChI is InChI=1S/C21H27ClN2O3.C2H2O4/c1-25-19-12-16(13-20(26-2)21(19)27-3)14-23-8-10-24(11-9-23)15-17-6-4-5-7-18(17)22;3-1(4)2(5)6/h4-7,12-13H,8-11,14-15H2,1-3H3;(H,3,4)(H,5,6). The highest BCUT2D eigenvalue weighted by Crippen LogP contribution is 2.38. The number of methoxy groups -OCH3 is 3. The van der Waals surface area contributed by atoms with Gasteiger partial charge in [-0.1, -0.05) is 29.8 Å². The van der Waals surface area contributed by atoms with E-state index in [-0.39, 0.29) is 0 Å². The largest absolute Gasteiger partial charge is 0.493 e. The Bertz CT molecular complexity index is 909. The number of piperazine rings is 1. The summed E-state index contributed by atoms with van der Waals surface area (Å²) in [5.41, 5.74) is 2.35. The number of rotatable bonds is 7. The first-order valence-corrected chi connectivity index (χ1v) is 10.6. The van der Waals surface area contributed by atoms with Gasteiger partial charge in [0.15, 0.2) is 11.5 Å². The minimum Gasteiger partial charge on any atom is -0.493 e. The van der Waals surface area contributed by atoms with E-state index in [1.165, 1.54) is 5.56 Å². The number of carbonyl (C=O) groups is 2. The number of nitrogens with zero attached hydrogens (tertiary/aromatic N) is 2. The molecule has 1 heterocycles. The highest BCUT2D eigenvalue weighted by Gasteiger charge is 2.20. The van der Waals surface area contributed by atoms with Gasteiger partial charge in [0.25, 0.3) is 0 Å². The number of benzene rings is 2. The summed E-state index contributed by atoms with van der Waals surface area (Å²) < 4.78 is 16.3. The van der Waals surface area contributed by atoms with Crippen LogP contribution in [0.15, 0.2) is 36.4 Å². The van der Waals surface area contributed by atoms with E-state index in [9.17, 15) is 0 Å². The highest BCUT2D eigenvalue weighted by atomic mass is 35.5. The van der Waals surface area contributed by atoms with Crippen LogP contribution < -0.4 is 14.2 Å². The molecule has 9 nitrogen and oxygen atoms in total. The highest BCUT2D eigenvalue weighted by molar-refractivity contribution is 6.31. The van der Waals surface area contributed by atoms with Gasteiger partial charge in [-0.05, 0) is 29.3 Å². The van der Waals surface area contributed by atoms with Gasteiger partial charge in [-0.3, -0.25) is 9.80 Å². The summed E-state index contributed by atoms with van der Waals surface area (Å²) in [6.07, 6.45) is 0. The molecule has 1 fully saturated rings. The normalized spacial score (nSPS) is 14.1. The van der Waals surface area contributed by atoms with Crippen LogP contribution in [0.1, 0.15) is 11.1 Å². The average Bonchev–Trinajstić information content (AvgIpc) is 2.81. The number of aliphatic carboxylic acids is 2. The fraction of sp³-hybridized carbons (Fsp3) is 0.391. The third-order valence-electron chi connectivity index (χ3n) is 5.13. The second kappa shape index (κ2) is 12.9. The molecule has 0 aliphatic carbocycles. The molecule has 0 amide bonds. The zero-order valence-corrected chi connectivity index (χ0v) is 19.7. The molecule has 0 spiro atoms. The van der Waals surface area contributed by atoms with Crippen molar-refractivity contribution >= 4 is 23.5 Å². The fourth-order valence-electron chi connectivity index (χ4n) is 3.46. The lowest BCUT2D eigenvalue weighted by Crippen LogP contribution is -2.45. The Labute approximate surface area is 198 Å². The predicted octanol–water partition coefficient (Wildman–Crippen LogP) is 2.84. The number of hydrogen-bond acceptors (Lipinski definition) is 7. The average molecular weight is 481 g/mol. The maximum absolute atomic E-state index is 9.10. The van der Waals surface area contributed by atoms with Crippen molar-refractivity contribution in [1.82, 2.24) is 9.80 Å². The maximum Gasteiger partial charge on any atom is 0.414 e. The molecule has 0 atom stereocenters. The van der Waals surface area contributed by atoms with Crippen molar-refractivity contribution in [2.45, 2.75) is 13.1 Å². The molecule has 0 aromatic heterocycles. The lowest BCUT2D eigenvalue weighted by atomic mass is 10.1. The lowest BCUT2D eigenvalue weighted by Gasteiger charge is -2.35. The maximum atomic E-state index is 9.10. The van der Waals surface area contributed by atoms with E-state index in [1.807, 2.05) is 30.3 Å². The van der Waals surface area contributed by atoms with Crippen LogP contribution in [-0.2, 0) is 22.7 Å². The molecule has 3 rings (SSSR count). The van der Waals surface area contributed by atoms with Crippen LogP contribution in [0, 0.1) is 0 Å². The number of carboxylic acid groups (broad SMARTS) is 2. The molecule has 1 aliphatic rings. The number of halogens is 1. The van der Waals surface area contributed by atoms with Crippen molar-refractivity contribution in [2.75, 3.05) is 47.5 Å². The molecule has 1 aliphatic heterocycles. The van der Waals surface area contributed by atoms with Crippen LogP contribution in [-0.4, -0.2) is 79.5 Å². The quantitative estimate of drug-likeness (QED) is 0.578. The summed E-state index contributed by atoms with van der Waals surface area (Å²) in [5, 5.41) is 15.6. The van der Waals surface area contributed by atoms with E-state index in [0.29, 0.717) is 17.2 Å². The zero-order valence-electron chi connectivity index (χ0n) is 18.9. The number of carboxylic acids is 2. The SMILES string of the molecule is COc1cc(CN2CCN(Cc3ccccc3Cl)CC2)cc(OC)c1OC.O=C(O)C(=O)O. The van der Waals surface area contributed by atoms with Crippen molar-refractivity contribution in [3.8, 4) is 17.2 Å². The van der Waals surface area contributed by atoms with Crippen LogP contribution in [0.3, 0.4) is 0 Å². The van der Waals surface area contributed by atoms with Crippen LogP contribution in [0.2, 0.25) is 5.02 Å². The third-order valence-corrected chi connectivity index (χ3v) is 5.50. The molecule has 10 heteroatoms. The van der Waals surface area contributed by atoms with E-state index < -0.39 is 11.9 Å². The first-order chi connectivity index (χ1) is 15.8. The monoisotopic (exact) mass is 480 g/mol. The minimum absolute atomic E-state index is 0.633. The summed E-state index contributed by atoms with van der Waals surface area (Å²) in [6, 6.07) is 12.1. The Balaban J connectivity index is 0.000000569. The first-order valence-electron chi connectivity index (χ1n) is 10.2. The smallest absolute Gasteiger partial charge is 0.414 e. The van der Waals surface area contributed by atoms with Crippen molar-refractivity contribution in [2.24, 2.45) is 0 Å². The molecular formula is C23H29ClN2O7. The molecule has 0 unspecified atom stereocenters. The Morgan fingerprint density at radius 2 is 1.33 bits per heavy atom. The van der Waals surface area contributed by atoms with Crippen molar-refractivity contribution in [1.29, 1.82) is 0 Å². The van der Waals surface area contributed by atoms with Gasteiger partial charge in [-0.2, -0.15) is 0 Å². The van der Waals surface area contributed by atoms with Gasteiger partial charge in [0.2, 0.25) is 5.75 Å². The summed E-state index contributed by atoms with van der Waals surface area (Å²) in [6.45, 7) is 5.84.